The average molecular weight is 571 g/mol. The second kappa shape index (κ2) is 21.4. The standard InChI is InChI=1S/2C10H16N2O.C6H10O8/c2*1-12(2)7-4-8-13-10-5-3-6-11-9-10;7-1(3(9)5(11)12)2(8)4(10)6(13)14/h2*3,5-6,9H,4,7-8H2,1-2H3;1-4,7-10H,(H,11,12)(H,13,14)/t;;1-,2+,3+,4-. The van der Waals surface area contributed by atoms with Gasteiger partial charge in [-0.25, -0.2) is 9.59 Å². The molecule has 2 aromatic rings. The SMILES string of the molecule is CN(C)CCCOc1cccnc1.CN(C)CCCOc1cccnc1.O=C(O)[C@@H](O)[C@H](O)[C@H](O)[C@@H](O)C(=O)O. The summed E-state index contributed by atoms with van der Waals surface area (Å²) < 4.78 is 10.9. The van der Waals surface area contributed by atoms with Gasteiger partial charge in [-0.2, -0.15) is 0 Å². The highest BCUT2D eigenvalue weighted by atomic mass is 16.5. The predicted molar refractivity (Wildman–Crippen MR) is 145 cm³/mol. The number of pyridine rings is 2. The lowest BCUT2D eigenvalue weighted by atomic mass is 10.0. The van der Waals surface area contributed by atoms with E-state index < -0.39 is 36.4 Å². The van der Waals surface area contributed by atoms with E-state index in [0.717, 1.165) is 50.6 Å². The Hall–Kier alpha value is -3.40. The van der Waals surface area contributed by atoms with Crippen molar-refractivity contribution in [3.63, 3.8) is 0 Å². The van der Waals surface area contributed by atoms with Crippen molar-refractivity contribution in [3.8, 4) is 11.5 Å². The number of carboxylic acid groups (broad SMARTS) is 2. The molecule has 4 atom stereocenters. The number of aliphatic carboxylic acids is 2. The van der Waals surface area contributed by atoms with Crippen molar-refractivity contribution >= 4 is 11.9 Å². The number of ether oxygens (including phenoxy) is 2. The molecule has 14 heteroatoms. The molecule has 2 aromatic heterocycles. The Morgan fingerprint density at radius 1 is 0.725 bits per heavy atom. The number of carbonyl (C=O) groups is 2. The fraction of sp³-hybridized carbons (Fsp3) is 0.538. The summed E-state index contributed by atoms with van der Waals surface area (Å²) in [6.07, 6.45) is -0.246. The first-order valence-electron chi connectivity index (χ1n) is 12.4. The summed E-state index contributed by atoms with van der Waals surface area (Å²) in [7, 11) is 8.24. The molecule has 0 fully saturated rings. The molecule has 0 aliphatic rings. The van der Waals surface area contributed by atoms with Crippen LogP contribution in [0.25, 0.3) is 0 Å². The summed E-state index contributed by atoms with van der Waals surface area (Å²) in [6.45, 7) is 3.62. The van der Waals surface area contributed by atoms with Gasteiger partial charge in [-0.3, -0.25) is 9.97 Å². The van der Waals surface area contributed by atoms with Gasteiger partial charge in [-0.15, -0.1) is 0 Å². The predicted octanol–water partition coefficient (Wildman–Crippen LogP) is -0.577. The Bertz CT molecular complexity index is 847. The summed E-state index contributed by atoms with van der Waals surface area (Å²) in [4.78, 5) is 32.4. The quantitative estimate of drug-likeness (QED) is 0.148. The van der Waals surface area contributed by atoms with Gasteiger partial charge in [0.1, 0.15) is 23.7 Å². The summed E-state index contributed by atoms with van der Waals surface area (Å²) >= 11 is 0. The lowest BCUT2D eigenvalue weighted by Crippen LogP contribution is -2.49. The van der Waals surface area contributed by atoms with E-state index in [1.54, 1.807) is 24.8 Å². The highest BCUT2D eigenvalue weighted by Crippen LogP contribution is 2.07. The number of aromatic nitrogens is 2. The summed E-state index contributed by atoms with van der Waals surface area (Å²) in [5.41, 5.74) is 0. The van der Waals surface area contributed by atoms with Crippen LogP contribution in [-0.4, -0.2) is 141 Å². The number of hydrogen-bond acceptors (Lipinski definition) is 12. The largest absolute Gasteiger partial charge is 0.492 e. The smallest absolute Gasteiger partial charge is 0.335 e. The number of carboxylic acids is 2. The van der Waals surface area contributed by atoms with Crippen LogP contribution in [0.4, 0.5) is 0 Å². The van der Waals surface area contributed by atoms with E-state index in [2.05, 4.69) is 48.0 Å². The Kier molecular flexibility index (Phi) is 19.6. The van der Waals surface area contributed by atoms with E-state index in [1.807, 2.05) is 24.3 Å². The van der Waals surface area contributed by atoms with Gasteiger partial charge >= 0.3 is 11.9 Å². The van der Waals surface area contributed by atoms with E-state index in [-0.39, 0.29) is 0 Å². The van der Waals surface area contributed by atoms with Gasteiger partial charge in [-0.05, 0) is 65.3 Å². The minimum Gasteiger partial charge on any atom is -0.492 e. The molecule has 6 N–H and O–H groups in total. The first kappa shape index (κ1) is 36.6. The van der Waals surface area contributed by atoms with Gasteiger partial charge in [0.15, 0.2) is 12.2 Å². The molecule has 0 saturated heterocycles. The molecule has 2 heterocycles. The van der Waals surface area contributed by atoms with Crippen molar-refractivity contribution in [2.45, 2.75) is 37.3 Å². The molecule has 0 radical (unpaired) electrons. The van der Waals surface area contributed by atoms with Crippen molar-refractivity contribution in [2.24, 2.45) is 0 Å². The third kappa shape index (κ3) is 18.0. The van der Waals surface area contributed by atoms with Crippen LogP contribution in [0.1, 0.15) is 12.8 Å². The molecule has 40 heavy (non-hydrogen) atoms. The molecule has 0 saturated carbocycles. The molecule has 0 spiro atoms. The maximum absolute atomic E-state index is 10.1. The number of rotatable bonds is 15. The highest BCUT2D eigenvalue weighted by Gasteiger charge is 2.37. The van der Waals surface area contributed by atoms with Crippen LogP contribution in [-0.2, 0) is 9.59 Å². The normalized spacial score (nSPS) is 13.6. The van der Waals surface area contributed by atoms with Crippen LogP contribution in [0.3, 0.4) is 0 Å². The van der Waals surface area contributed by atoms with Crippen molar-refractivity contribution in [3.05, 3.63) is 49.1 Å². The van der Waals surface area contributed by atoms with Crippen molar-refractivity contribution < 1.29 is 49.7 Å². The number of aliphatic hydroxyl groups is 4. The Balaban J connectivity index is 0.000000571. The zero-order valence-corrected chi connectivity index (χ0v) is 23.3. The van der Waals surface area contributed by atoms with E-state index in [1.165, 1.54) is 0 Å². The van der Waals surface area contributed by atoms with Crippen LogP contribution >= 0.6 is 0 Å². The van der Waals surface area contributed by atoms with Gasteiger partial charge in [-0.1, -0.05) is 0 Å². The molecule has 0 aliphatic carbocycles. The minimum absolute atomic E-state index is 0.754. The third-order valence-corrected chi connectivity index (χ3v) is 4.81. The van der Waals surface area contributed by atoms with E-state index in [9.17, 15) is 9.59 Å². The van der Waals surface area contributed by atoms with E-state index >= 15 is 0 Å². The zero-order chi connectivity index (χ0) is 30.5. The zero-order valence-electron chi connectivity index (χ0n) is 23.3. The number of aliphatic hydroxyl groups excluding tert-OH is 4. The number of nitrogens with zero attached hydrogens (tertiary/aromatic N) is 4. The molecular formula is C26H42N4O10. The molecule has 0 aromatic carbocycles. The van der Waals surface area contributed by atoms with E-state index in [0.29, 0.717) is 0 Å². The van der Waals surface area contributed by atoms with Gasteiger partial charge in [0.2, 0.25) is 0 Å². The molecule has 0 unspecified atom stereocenters. The molecule has 2 rings (SSSR count). The second-order valence-electron chi connectivity index (χ2n) is 8.94. The van der Waals surface area contributed by atoms with Crippen LogP contribution in [0, 0.1) is 0 Å². The lowest BCUT2D eigenvalue weighted by molar-refractivity contribution is -0.172. The summed E-state index contributed by atoms with van der Waals surface area (Å²) in [5.74, 6) is -1.98. The summed E-state index contributed by atoms with van der Waals surface area (Å²) in [6, 6.07) is 7.59. The van der Waals surface area contributed by atoms with Gasteiger partial charge < -0.3 is 49.9 Å². The first-order chi connectivity index (χ1) is 18.9. The van der Waals surface area contributed by atoms with E-state index in [4.69, 9.17) is 40.1 Å². The van der Waals surface area contributed by atoms with Gasteiger partial charge in [0.05, 0.1) is 25.6 Å². The molecular weight excluding hydrogens is 528 g/mol. The molecule has 0 bridgehead atoms. The van der Waals surface area contributed by atoms with Crippen LogP contribution < -0.4 is 9.47 Å². The minimum atomic E-state index is -2.36. The number of hydrogen-bond donors (Lipinski definition) is 6. The Labute approximate surface area is 234 Å². The molecule has 0 amide bonds. The van der Waals surface area contributed by atoms with Crippen molar-refractivity contribution in [1.82, 2.24) is 19.8 Å². The average Bonchev–Trinajstić information content (AvgIpc) is 2.93. The molecule has 14 nitrogen and oxygen atoms in total. The van der Waals surface area contributed by atoms with Crippen LogP contribution in [0.15, 0.2) is 49.1 Å². The topological polar surface area (TPSA) is 206 Å². The van der Waals surface area contributed by atoms with Crippen LogP contribution in [0.5, 0.6) is 11.5 Å². The first-order valence-corrected chi connectivity index (χ1v) is 12.4. The second-order valence-corrected chi connectivity index (χ2v) is 8.94. The maximum atomic E-state index is 10.1. The van der Waals surface area contributed by atoms with Gasteiger partial charge in [0.25, 0.3) is 0 Å². The maximum Gasteiger partial charge on any atom is 0.335 e. The fourth-order valence-electron chi connectivity index (χ4n) is 2.67. The summed E-state index contributed by atoms with van der Waals surface area (Å²) in [5, 5.41) is 51.5. The van der Waals surface area contributed by atoms with Crippen molar-refractivity contribution in [1.29, 1.82) is 0 Å². The highest BCUT2D eigenvalue weighted by molar-refractivity contribution is 5.75. The van der Waals surface area contributed by atoms with Crippen LogP contribution in [0.2, 0.25) is 0 Å². The van der Waals surface area contributed by atoms with Gasteiger partial charge in [0, 0.05) is 25.5 Å². The molecule has 226 valence electrons. The van der Waals surface area contributed by atoms with Crippen molar-refractivity contribution in [2.75, 3.05) is 54.5 Å². The fourth-order valence-corrected chi connectivity index (χ4v) is 2.67. The molecule has 0 aliphatic heterocycles. The Morgan fingerprint density at radius 3 is 1.32 bits per heavy atom. The Morgan fingerprint density at radius 2 is 1.07 bits per heavy atom. The lowest BCUT2D eigenvalue weighted by Gasteiger charge is -2.21. The monoisotopic (exact) mass is 570 g/mol. The third-order valence-electron chi connectivity index (χ3n) is 4.81.